The first-order chi connectivity index (χ1) is 11.6. The van der Waals surface area contributed by atoms with Gasteiger partial charge in [0, 0.05) is 24.8 Å². The van der Waals surface area contributed by atoms with Crippen LogP contribution in [0.15, 0.2) is 41.1 Å². The zero-order chi connectivity index (χ0) is 16.9. The summed E-state index contributed by atoms with van der Waals surface area (Å²) in [6.07, 6.45) is 3.25. The monoisotopic (exact) mass is 329 g/mol. The molecule has 3 rings (SSSR count). The average Bonchev–Trinajstić information content (AvgIpc) is 3.13. The molecule has 1 saturated heterocycles. The molecule has 0 aliphatic carbocycles. The van der Waals surface area contributed by atoms with E-state index in [2.05, 4.69) is 10.1 Å². The van der Waals surface area contributed by atoms with Crippen LogP contribution in [-0.2, 0) is 16.1 Å². The number of nitrogens with two attached hydrogens (primary N) is 1. The van der Waals surface area contributed by atoms with Crippen LogP contribution in [0.2, 0.25) is 0 Å². The molecule has 1 fully saturated rings. The van der Waals surface area contributed by atoms with Crippen LogP contribution in [0.4, 0.5) is 5.69 Å². The normalized spacial score (nSPS) is 17.5. The van der Waals surface area contributed by atoms with Crippen molar-refractivity contribution in [2.24, 2.45) is 11.7 Å². The minimum absolute atomic E-state index is 0.0486. The molecular formula is C17H19N3O4. The van der Waals surface area contributed by atoms with Crippen molar-refractivity contribution in [1.82, 2.24) is 5.16 Å². The zero-order valence-corrected chi connectivity index (χ0v) is 13.2. The molecule has 0 radical (unpaired) electrons. The molecule has 2 N–H and O–H groups in total. The Labute approximate surface area is 139 Å². The third-order valence-electron chi connectivity index (χ3n) is 4.13. The molecule has 7 nitrogen and oxygen atoms in total. The second kappa shape index (κ2) is 7.16. The predicted octanol–water partition coefficient (Wildman–Crippen LogP) is 1.73. The van der Waals surface area contributed by atoms with E-state index in [1.807, 2.05) is 12.1 Å². The van der Waals surface area contributed by atoms with Crippen molar-refractivity contribution in [2.45, 2.75) is 19.4 Å². The number of amides is 1. The lowest BCUT2D eigenvalue weighted by atomic mass is 9.97. The van der Waals surface area contributed by atoms with Gasteiger partial charge in [0.25, 0.3) is 0 Å². The highest BCUT2D eigenvalue weighted by atomic mass is 16.5. The number of esters is 1. The molecule has 1 aliphatic rings. The second-order valence-electron chi connectivity index (χ2n) is 5.79. The Morgan fingerprint density at radius 2 is 2.08 bits per heavy atom. The standard InChI is InChI=1S/C17H19N3O4/c18-16(21)13-2-1-9-20(10-13)14-5-3-12(4-6-14)17(22)23-11-15-7-8-19-24-15/h3-8,13H,1-2,9-11H2,(H2,18,21)/t13-/m1/s1. The largest absolute Gasteiger partial charge is 0.454 e. The lowest BCUT2D eigenvalue weighted by Gasteiger charge is -2.33. The summed E-state index contributed by atoms with van der Waals surface area (Å²) >= 11 is 0. The number of ether oxygens (including phenoxy) is 1. The number of anilines is 1. The van der Waals surface area contributed by atoms with E-state index in [-0.39, 0.29) is 18.4 Å². The fourth-order valence-electron chi connectivity index (χ4n) is 2.79. The van der Waals surface area contributed by atoms with E-state index in [1.54, 1.807) is 18.2 Å². The van der Waals surface area contributed by atoms with E-state index in [4.69, 9.17) is 15.0 Å². The van der Waals surface area contributed by atoms with Crippen LogP contribution >= 0.6 is 0 Å². The summed E-state index contributed by atoms with van der Waals surface area (Å²) in [7, 11) is 0. The van der Waals surface area contributed by atoms with Gasteiger partial charge in [-0.05, 0) is 37.1 Å². The maximum atomic E-state index is 12.0. The first-order valence-electron chi connectivity index (χ1n) is 7.84. The minimum atomic E-state index is -0.424. The number of rotatable bonds is 5. The van der Waals surface area contributed by atoms with Gasteiger partial charge in [-0.2, -0.15) is 0 Å². The number of nitrogens with zero attached hydrogens (tertiary/aromatic N) is 2. The summed E-state index contributed by atoms with van der Waals surface area (Å²) in [5.41, 5.74) is 6.83. The summed E-state index contributed by atoms with van der Waals surface area (Å²) < 4.78 is 10.0. The molecular weight excluding hydrogens is 310 g/mol. The molecule has 7 heteroatoms. The van der Waals surface area contributed by atoms with Gasteiger partial charge in [0.05, 0.1) is 17.7 Å². The first kappa shape index (κ1) is 16.0. The predicted molar refractivity (Wildman–Crippen MR) is 86.2 cm³/mol. The van der Waals surface area contributed by atoms with Crippen molar-refractivity contribution < 1.29 is 18.8 Å². The molecule has 1 aromatic heterocycles. The fourth-order valence-corrected chi connectivity index (χ4v) is 2.79. The smallest absolute Gasteiger partial charge is 0.338 e. The highest BCUT2D eigenvalue weighted by Crippen LogP contribution is 2.23. The van der Waals surface area contributed by atoms with Gasteiger partial charge < -0.3 is 19.9 Å². The number of piperidine rings is 1. The van der Waals surface area contributed by atoms with Crippen molar-refractivity contribution in [2.75, 3.05) is 18.0 Å². The number of primary amides is 1. The van der Waals surface area contributed by atoms with Crippen molar-refractivity contribution in [1.29, 1.82) is 0 Å². The van der Waals surface area contributed by atoms with Crippen LogP contribution in [0.25, 0.3) is 0 Å². The number of benzene rings is 1. The van der Waals surface area contributed by atoms with Gasteiger partial charge in [-0.25, -0.2) is 4.79 Å². The quantitative estimate of drug-likeness (QED) is 0.839. The lowest BCUT2D eigenvalue weighted by molar-refractivity contribution is -0.122. The van der Waals surface area contributed by atoms with E-state index in [1.165, 1.54) is 6.20 Å². The first-order valence-corrected chi connectivity index (χ1v) is 7.84. The molecule has 1 aliphatic heterocycles. The van der Waals surface area contributed by atoms with E-state index >= 15 is 0 Å². The summed E-state index contributed by atoms with van der Waals surface area (Å²) in [4.78, 5) is 25.5. The molecule has 0 spiro atoms. The van der Waals surface area contributed by atoms with E-state index in [0.29, 0.717) is 17.9 Å². The number of carbonyl (C=O) groups excluding carboxylic acids is 2. The molecule has 1 aromatic carbocycles. The number of aromatic nitrogens is 1. The van der Waals surface area contributed by atoms with E-state index in [9.17, 15) is 9.59 Å². The third-order valence-corrected chi connectivity index (χ3v) is 4.13. The fraction of sp³-hybridized carbons (Fsp3) is 0.353. The van der Waals surface area contributed by atoms with Crippen molar-refractivity contribution >= 4 is 17.6 Å². The molecule has 24 heavy (non-hydrogen) atoms. The second-order valence-corrected chi connectivity index (χ2v) is 5.79. The maximum absolute atomic E-state index is 12.0. The maximum Gasteiger partial charge on any atom is 0.338 e. The Morgan fingerprint density at radius 1 is 1.29 bits per heavy atom. The summed E-state index contributed by atoms with van der Waals surface area (Å²) in [6.45, 7) is 1.54. The van der Waals surface area contributed by atoms with Gasteiger partial charge in [0.2, 0.25) is 5.91 Å². The van der Waals surface area contributed by atoms with Crippen molar-refractivity contribution in [3.63, 3.8) is 0 Å². The summed E-state index contributed by atoms with van der Waals surface area (Å²) in [6, 6.07) is 8.78. The topological polar surface area (TPSA) is 98.7 Å². The Bertz CT molecular complexity index is 697. The Balaban J connectivity index is 1.60. The van der Waals surface area contributed by atoms with Gasteiger partial charge >= 0.3 is 5.97 Å². The van der Waals surface area contributed by atoms with Crippen LogP contribution in [0.5, 0.6) is 0 Å². The summed E-state index contributed by atoms with van der Waals surface area (Å²) in [5, 5.41) is 3.55. The Hall–Kier alpha value is -2.83. The minimum Gasteiger partial charge on any atom is -0.454 e. The lowest BCUT2D eigenvalue weighted by Crippen LogP contribution is -2.41. The van der Waals surface area contributed by atoms with Gasteiger partial charge in [0.15, 0.2) is 12.4 Å². The SMILES string of the molecule is NC(=O)[C@@H]1CCCN(c2ccc(C(=O)OCc3ccno3)cc2)C1. The van der Waals surface area contributed by atoms with Crippen molar-refractivity contribution in [3.05, 3.63) is 47.9 Å². The van der Waals surface area contributed by atoms with Crippen molar-refractivity contribution in [3.8, 4) is 0 Å². The molecule has 2 aromatic rings. The molecule has 126 valence electrons. The Morgan fingerprint density at radius 3 is 2.75 bits per heavy atom. The van der Waals surface area contributed by atoms with Gasteiger partial charge in [-0.1, -0.05) is 5.16 Å². The highest BCUT2D eigenvalue weighted by molar-refractivity contribution is 5.89. The van der Waals surface area contributed by atoms with Gasteiger partial charge in [0.1, 0.15) is 0 Å². The van der Waals surface area contributed by atoms with Crippen LogP contribution < -0.4 is 10.6 Å². The van der Waals surface area contributed by atoms with E-state index < -0.39 is 5.97 Å². The van der Waals surface area contributed by atoms with Crippen LogP contribution in [0.3, 0.4) is 0 Å². The molecule has 2 heterocycles. The van der Waals surface area contributed by atoms with Gasteiger partial charge in [-0.15, -0.1) is 0 Å². The number of carbonyl (C=O) groups is 2. The third kappa shape index (κ3) is 3.73. The molecule has 0 bridgehead atoms. The molecule has 1 atom stereocenters. The summed E-state index contributed by atoms with van der Waals surface area (Å²) in [5.74, 6) is -0.310. The molecule has 0 unspecified atom stereocenters. The van der Waals surface area contributed by atoms with Gasteiger partial charge in [-0.3, -0.25) is 4.79 Å². The average molecular weight is 329 g/mol. The molecule has 0 saturated carbocycles. The zero-order valence-electron chi connectivity index (χ0n) is 13.2. The van der Waals surface area contributed by atoms with Crippen LogP contribution in [-0.4, -0.2) is 30.1 Å². The number of hydrogen-bond acceptors (Lipinski definition) is 6. The number of hydrogen-bond donors (Lipinski definition) is 1. The van der Waals surface area contributed by atoms with E-state index in [0.717, 1.165) is 25.1 Å². The molecule has 1 amide bonds. The van der Waals surface area contributed by atoms with Crippen LogP contribution in [0, 0.1) is 5.92 Å². The van der Waals surface area contributed by atoms with Crippen LogP contribution in [0.1, 0.15) is 29.0 Å². The highest BCUT2D eigenvalue weighted by Gasteiger charge is 2.24. The Kier molecular flexibility index (Phi) is 4.79.